The lowest BCUT2D eigenvalue weighted by Crippen LogP contribution is -2.33. The summed E-state index contributed by atoms with van der Waals surface area (Å²) in [6.45, 7) is 8.11. The molecule has 0 spiro atoms. The molecule has 1 fully saturated rings. The molecule has 1 aliphatic rings. The van der Waals surface area contributed by atoms with Gasteiger partial charge in [-0.05, 0) is 24.7 Å². The highest BCUT2D eigenvalue weighted by molar-refractivity contribution is 4.91. The van der Waals surface area contributed by atoms with Crippen molar-refractivity contribution in [3.05, 3.63) is 12.7 Å². The summed E-state index contributed by atoms with van der Waals surface area (Å²) in [6.07, 6.45) is 4.01. The molecule has 0 saturated heterocycles. The van der Waals surface area contributed by atoms with E-state index in [1.54, 1.807) is 0 Å². The van der Waals surface area contributed by atoms with Crippen molar-refractivity contribution in [3.63, 3.8) is 0 Å². The van der Waals surface area contributed by atoms with Crippen molar-refractivity contribution in [1.82, 2.24) is 0 Å². The summed E-state index contributed by atoms with van der Waals surface area (Å²) >= 11 is 0. The molecule has 0 radical (unpaired) electrons. The van der Waals surface area contributed by atoms with Crippen LogP contribution < -0.4 is 0 Å². The zero-order valence-electron chi connectivity index (χ0n) is 7.46. The first kappa shape index (κ1) is 8.79. The summed E-state index contributed by atoms with van der Waals surface area (Å²) in [5.41, 5.74) is 0. The molecule has 1 N–H and O–H groups in total. The molecule has 1 heteroatoms. The largest absolute Gasteiger partial charge is 0.392 e. The van der Waals surface area contributed by atoms with E-state index in [1.807, 2.05) is 6.08 Å². The fourth-order valence-corrected chi connectivity index (χ4v) is 2.13. The smallest absolute Gasteiger partial charge is 0.0628 e. The lowest BCUT2D eigenvalue weighted by Gasteiger charge is -2.34. The Bertz CT molecular complexity index is 142. The molecular formula is C10H18O. The second kappa shape index (κ2) is 3.40. The monoisotopic (exact) mass is 154 g/mol. The molecule has 0 amide bonds. The van der Waals surface area contributed by atoms with Crippen LogP contribution in [0.4, 0.5) is 0 Å². The molecule has 0 aliphatic heterocycles. The maximum Gasteiger partial charge on any atom is 0.0628 e. The number of aliphatic hydroxyl groups excluding tert-OH is 1. The quantitative estimate of drug-likeness (QED) is 0.574. The maximum absolute atomic E-state index is 9.68. The molecule has 4 atom stereocenters. The van der Waals surface area contributed by atoms with Crippen LogP contribution in [0.2, 0.25) is 0 Å². The van der Waals surface area contributed by atoms with Crippen molar-refractivity contribution in [2.24, 2.45) is 17.8 Å². The van der Waals surface area contributed by atoms with Crippen molar-refractivity contribution >= 4 is 0 Å². The van der Waals surface area contributed by atoms with E-state index in [0.717, 1.165) is 18.8 Å². The van der Waals surface area contributed by atoms with Gasteiger partial charge >= 0.3 is 0 Å². The molecule has 1 rings (SSSR count). The average molecular weight is 154 g/mol. The second-order valence-corrected chi connectivity index (χ2v) is 3.94. The normalized spacial score (nSPS) is 45.4. The Hall–Kier alpha value is -0.300. The van der Waals surface area contributed by atoms with Crippen molar-refractivity contribution < 1.29 is 5.11 Å². The molecule has 11 heavy (non-hydrogen) atoms. The summed E-state index contributed by atoms with van der Waals surface area (Å²) < 4.78 is 0. The summed E-state index contributed by atoms with van der Waals surface area (Å²) in [5.74, 6) is 1.52. The molecule has 1 aliphatic carbocycles. The van der Waals surface area contributed by atoms with Crippen LogP contribution in [-0.2, 0) is 0 Å². The number of hydrogen-bond acceptors (Lipinski definition) is 1. The maximum atomic E-state index is 9.68. The third-order valence-electron chi connectivity index (χ3n) is 2.77. The van der Waals surface area contributed by atoms with Gasteiger partial charge in [-0.25, -0.2) is 0 Å². The number of aliphatic hydroxyl groups is 1. The molecule has 1 saturated carbocycles. The Labute approximate surface area is 69.1 Å². The molecule has 0 aromatic carbocycles. The SMILES string of the molecule is C=CC1CC(C)CC(C)C1O. The van der Waals surface area contributed by atoms with Crippen molar-refractivity contribution in [2.45, 2.75) is 32.8 Å². The third-order valence-corrected chi connectivity index (χ3v) is 2.77. The lowest BCUT2D eigenvalue weighted by molar-refractivity contribution is 0.0270. The third kappa shape index (κ3) is 1.84. The van der Waals surface area contributed by atoms with E-state index in [4.69, 9.17) is 0 Å². The zero-order chi connectivity index (χ0) is 8.43. The standard InChI is InChI=1S/C10H18O/c1-4-9-6-7(2)5-8(3)10(9)11/h4,7-11H,1,5-6H2,2-3H3. The topological polar surface area (TPSA) is 20.2 Å². The Balaban J connectivity index is 2.58. The molecule has 4 unspecified atom stereocenters. The van der Waals surface area contributed by atoms with Gasteiger partial charge < -0.3 is 5.11 Å². The van der Waals surface area contributed by atoms with Crippen molar-refractivity contribution in [3.8, 4) is 0 Å². The van der Waals surface area contributed by atoms with E-state index in [-0.39, 0.29) is 6.10 Å². The van der Waals surface area contributed by atoms with Gasteiger partial charge in [0.25, 0.3) is 0 Å². The van der Waals surface area contributed by atoms with Gasteiger partial charge in [-0.2, -0.15) is 0 Å². The first-order valence-corrected chi connectivity index (χ1v) is 4.45. The van der Waals surface area contributed by atoms with Gasteiger partial charge in [-0.1, -0.05) is 19.9 Å². The zero-order valence-corrected chi connectivity index (χ0v) is 7.46. The highest BCUT2D eigenvalue weighted by Crippen LogP contribution is 2.33. The second-order valence-electron chi connectivity index (χ2n) is 3.94. The van der Waals surface area contributed by atoms with Crippen LogP contribution in [0.3, 0.4) is 0 Å². The first-order valence-electron chi connectivity index (χ1n) is 4.45. The minimum atomic E-state index is -0.149. The summed E-state index contributed by atoms with van der Waals surface area (Å²) in [5, 5.41) is 9.68. The highest BCUT2D eigenvalue weighted by Gasteiger charge is 2.30. The first-order chi connectivity index (χ1) is 5.15. The van der Waals surface area contributed by atoms with Crippen LogP contribution in [0.1, 0.15) is 26.7 Å². The fourth-order valence-electron chi connectivity index (χ4n) is 2.13. The Morgan fingerprint density at radius 2 is 2.00 bits per heavy atom. The molecule has 0 aromatic rings. The van der Waals surface area contributed by atoms with Gasteiger partial charge in [-0.3, -0.25) is 0 Å². The Morgan fingerprint density at radius 1 is 1.36 bits per heavy atom. The van der Waals surface area contributed by atoms with Crippen molar-refractivity contribution in [2.75, 3.05) is 0 Å². The van der Waals surface area contributed by atoms with Gasteiger partial charge in [0.2, 0.25) is 0 Å². The predicted octanol–water partition coefficient (Wildman–Crippen LogP) is 2.22. The minimum absolute atomic E-state index is 0.149. The van der Waals surface area contributed by atoms with Gasteiger partial charge in [0.1, 0.15) is 0 Å². The van der Waals surface area contributed by atoms with E-state index in [1.165, 1.54) is 0 Å². The van der Waals surface area contributed by atoms with Gasteiger partial charge in [0.05, 0.1) is 6.10 Å². The van der Waals surface area contributed by atoms with Crippen LogP contribution in [0, 0.1) is 17.8 Å². The Kier molecular flexibility index (Phi) is 2.72. The van der Waals surface area contributed by atoms with Gasteiger partial charge in [0.15, 0.2) is 0 Å². The average Bonchev–Trinajstić information content (AvgIpc) is 1.96. The molecule has 1 nitrogen and oxygen atoms in total. The van der Waals surface area contributed by atoms with E-state index >= 15 is 0 Å². The van der Waals surface area contributed by atoms with Gasteiger partial charge in [0, 0.05) is 5.92 Å². The van der Waals surface area contributed by atoms with Crippen LogP contribution >= 0.6 is 0 Å². The lowest BCUT2D eigenvalue weighted by atomic mass is 9.75. The molecule has 0 bridgehead atoms. The van der Waals surface area contributed by atoms with E-state index in [0.29, 0.717) is 11.8 Å². The highest BCUT2D eigenvalue weighted by atomic mass is 16.3. The number of rotatable bonds is 1. The Morgan fingerprint density at radius 3 is 2.55 bits per heavy atom. The predicted molar refractivity (Wildman–Crippen MR) is 47.3 cm³/mol. The van der Waals surface area contributed by atoms with E-state index in [2.05, 4.69) is 20.4 Å². The molecular weight excluding hydrogens is 136 g/mol. The van der Waals surface area contributed by atoms with Crippen LogP contribution in [0.5, 0.6) is 0 Å². The van der Waals surface area contributed by atoms with Gasteiger partial charge in [-0.15, -0.1) is 6.58 Å². The van der Waals surface area contributed by atoms with Crippen LogP contribution in [0.25, 0.3) is 0 Å². The van der Waals surface area contributed by atoms with Crippen LogP contribution in [0.15, 0.2) is 12.7 Å². The van der Waals surface area contributed by atoms with Crippen molar-refractivity contribution in [1.29, 1.82) is 0 Å². The molecule has 0 heterocycles. The fraction of sp³-hybridized carbons (Fsp3) is 0.800. The summed E-state index contributed by atoms with van der Waals surface area (Å²) in [4.78, 5) is 0. The summed E-state index contributed by atoms with van der Waals surface area (Å²) in [6, 6.07) is 0. The minimum Gasteiger partial charge on any atom is -0.392 e. The van der Waals surface area contributed by atoms with E-state index in [9.17, 15) is 5.11 Å². The van der Waals surface area contributed by atoms with E-state index < -0.39 is 0 Å². The molecule has 64 valence electrons. The number of hydrogen-bond donors (Lipinski definition) is 1. The molecule has 0 aromatic heterocycles. The van der Waals surface area contributed by atoms with Crippen LogP contribution in [-0.4, -0.2) is 11.2 Å². The summed E-state index contributed by atoms with van der Waals surface area (Å²) in [7, 11) is 0.